The number of aromatic hydroxyl groups is 1. The molecule has 1 N–H and O–H groups in total. The number of phenolic OH excluding ortho intramolecular Hbond substituents is 1. The van der Waals surface area contributed by atoms with Gasteiger partial charge in [-0.2, -0.15) is 0 Å². The number of nitrogens with zero attached hydrogens (tertiary/aromatic N) is 2. The zero-order valence-electron chi connectivity index (χ0n) is 19.9. The molecule has 31 heavy (non-hydrogen) atoms. The summed E-state index contributed by atoms with van der Waals surface area (Å²) in [5, 5.41) is 10.8. The Morgan fingerprint density at radius 1 is 1.10 bits per heavy atom. The number of hydrogen-bond acceptors (Lipinski definition) is 5. The van der Waals surface area contributed by atoms with Crippen molar-refractivity contribution in [2.75, 3.05) is 26.0 Å². The second-order valence-corrected chi connectivity index (χ2v) is 11.0. The first-order valence-electron chi connectivity index (χ1n) is 10.7. The Morgan fingerprint density at radius 2 is 1.71 bits per heavy atom. The third-order valence-corrected chi connectivity index (χ3v) is 5.96. The van der Waals surface area contributed by atoms with Gasteiger partial charge in [-0.05, 0) is 35.1 Å². The van der Waals surface area contributed by atoms with E-state index in [2.05, 4.69) is 58.7 Å². The fourth-order valence-corrected chi connectivity index (χ4v) is 3.96. The van der Waals surface area contributed by atoms with E-state index in [1.807, 2.05) is 18.2 Å². The molecule has 0 radical (unpaired) electrons. The Bertz CT molecular complexity index is 836. The Hall–Kier alpha value is -2.21. The molecule has 0 bridgehead atoms. The van der Waals surface area contributed by atoms with E-state index in [1.165, 1.54) is 0 Å². The van der Waals surface area contributed by atoms with Crippen LogP contribution < -0.4 is 0 Å². The number of phenols is 1. The summed E-state index contributed by atoms with van der Waals surface area (Å²) in [4.78, 5) is 19.2. The topological polar surface area (TPSA) is 62.7 Å². The maximum Gasteiger partial charge on any atom is 0.409 e. The summed E-state index contributed by atoms with van der Waals surface area (Å²) in [6, 6.07) is 9.87. The van der Waals surface area contributed by atoms with Gasteiger partial charge in [0.1, 0.15) is 12.4 Å². The van der Waals surface area contributed by atoms with Crippen LogP contribution in [-0.2, 0) is 22.0 Å². The molecule has 5 nitrogen and oxygen atoms in total. The fraction of sp³-hybridized carbons (Fsp3) is 0.520. The summed E-state index contributed by atoms with van der Waals surface area (Å²) >= 11 is 1.64. The molecule has 0 unspecified atom stereocenters. The van der Waals surface area contributed by atoms with Crippen molar-refractivity contribution in [3.63, 3.8) is 0 Å². The molecule has 0 atom stereocenters. The third-order valence-electron chi connectivity index (χ3n) is 5.02. The highest BCUT2D eigenvalue weighted by Gasteiger charge is 2.26. The molecule has 0 aliphatic heterocycles. The van der Waals surface area contributed by atoms with Crippen LogP contribution in [-0.4, -0.2) is 47.0 Å². The first-order chi connectivity index (χ1) is 14.4. The van der Waals surface area contributed by atoms with Crippen LogP contribution in [0.5, 0.6) is 5.75 Å². The zero-order chi connectivity index (χ0) is 23.2. The zero-order valence-corrected chi connectivity index (χ0v) is 20.7. The molecule has 1 heterocycles. The van der Waals surface area contributed by atoms with Gasteiger partial charge in [-0.25, -0.2) is 4.79 Å². The van der Waals surface area contributed by atoms with Crippen molar-refractivity contribution in [1.82, 2.24) is 9.88 Å². The first kappa shape index (κ1) is 25.1. The Morgan fingerprint density at radius 3 is 2.23 bits per heavy atom. The number of hydrogen-bond donors (Lipinski definition) is 1. The standard InChI is InChI=1S/C25H36N2O3S/c1-24(2,3)20-16-19(17-21(22(20)28)25(4,5)6)31-15-14-30-23(29)27(7)13-11-18-10-8-9-12-26-18/h8-10,12,16-17,28H,11,13-15H2,1-7H3. The lowest BCUT2D eigenvalue weighted by Crippen LogP contribution is -2.30. The Kier molecular flexibility index (Phi) is 8.41. The van der Waals surface area contributed by atoms with E-state index in [0.29, 0.717) is 31.1 Å². The smallest absolute Gasteiger partial charge is 0.409 e. The number of ether oxygens (including phenoxy) is 1. The van der Waals surface area contributed by atoms with Crippen molar-refractivity contribution in [3.8, 4) is 5.75 Å². The number of likely N-dealkylation sites (N-methyl/N-ethyl adjacent to an activating group) is 1. The summed E-state index contributed by atoms with van der Waals surface area (Å²) in [7, 11) is 1.74. The van der Waals surface area contributed by atoms with Gasteiger partial charge in [-0.15, -0.1) is 11.8 Å². The largest absolute Gasteiger partial charge is 0.507 e. The van der Waals surface area contributed by atoms with Gasteiger partial charge < -0.3 is 14.7 Å². The minimum absolute atomic E-state index is 0.163. The van der Waals surface area contributed by atoms with Crippen molar-refractivity contribution in [2.45, 2.75) is 63.7 Å². The monoisotopic (exact) mass is 444 g/mol. The average molecular weight is 445 g/mol. The summed E-state index contributed by atoms with van der Waals surface area (Å²) in [6.45, 7) is 13.5. The van der Waals surface area contributed by atoms with Crippen LogP contribution in [0.4, 0.5) is 4.79 Å². The van der Waals surface area contributed by atoms with E-state index in [4.69, 9.17) is 4.74 Å². The highest BCUT2D eigenvalue weighted by molar-refractivity contribution is 7.99. The van der Waals surface area contributed by atoms with Crippen LogP contribution in [0.3, 0.4) is 0 Å². The van der Waals surface area contributed by atoms with Gasteiger partial charge in [-0.1, -0.05) is 47.6 Å². The van der Waals surface area contributed by atoms with Crippen molar-refractivity contribution < 1.29 is 14.6 Å². The van der Waals surface area contributed by atoms with Gasteiger partial charge in [0.15, 0.2) is 0 Å². The number of benzene rings is 1. The second-order valence-electron chi connectivity index (χ2n) is 9.82. The summed E-state index contributed by atoms with van der Waals surface area (Å²) in [6.07, 6.45) is 2.12. The minimum Gasteiger partial charge on any atom is -0.507 e. The molecule has 1 aromatic heterocycles. The number of thioether (sulfide) groups is 1. The molecule has 0 aliphatic rings. The maximum absolute atomic E-state index is 12.2. The summed E-state index contributed by atoms with van der Waals surface area (Å²) in [5.74, 6) is 1.03. The Labute approximate surface area is 191 Å². The number of aromatic nitrogens is 1. The molecule has 0 saturated carbocycles. The van der Waals surface area contributed by atoms with E-state index in [1.54, 1.807) is 29.9 Å². The molecular formula is C25H36N2O3S. The van der Waals surface area contributed by atoms with Crippen LogP contribution >= 0.6 is 11.8 Å². The van der Waals surface area contributed by atoms with Crippen LogP contribution in [0.1, 0.15) is 58.4 Å². The van der Waals surface area contributed by atoms with Gasteiger partial charge in [-0.3, -0.25) is 4.98 Å². The van der Waals surface area contributed by atoms with E-state index in [-0.39, 0.29) is 16.9 Å². The van der Waals surface area contributed by atoms with E-state index in [0.717, 1.165) is 21.7 Å². The number of carbonyl (C=O) groups excluding carboxylic acids is 1. The highest BCUT2D eigenvalue weighted by Crippen LogP contribution is 2.41. The number of pyridine rings is 1. The van der Waals surface area contributed by atoms with Gasteiger partial charge in [0.05, 0.1) is 0 Å². The molecule has 2 aromatic rings. The predicted octanol–water partition coefficient (Wildman–Crippen LogP) is 5.79. The number of rotatable bonds is 7. The maximum atomic E-state index is 12.2. The SMILES string of the molecule is CN(CCc1ccccn1)C(=O)OCCSc1cc(C(C)(C)C)c(O)c(C(C)(C)C)c1. The van der Waals surface area contributed by atoms with Crippen molar-refractivity contribution >= 4 is 17.9 Å². The third kappa shape index (κ3) is 7.46. The second kappa shape index (κ2) is 10.4. The first-order valence-corrected chi connectivity index (χ1v) is 11.7. The van der Waals surface area contributed by atoms with Crippen LogP contribution in [0.15, 0.2) is 41.4 Å². The van der Waals surface area contributed by atoms with Crippen LogP contribution in [0, 0.1) is 0 Å². The predicted molar refractivity (Wildman–Crippen MR) is 128 cm³/mol. The minimum atomic E-state index is -0.326. The van der Waals surface area contributed by atoms with E-state index >= 15 is 0 Å². The van der Waals surface area contributed by atoms with Gasteiger partial charge in [0.2, 0.25) is 0 Å². The molecule has 1 amide bonds. The molecular weight excluding hydrogens is 408 g/mol. The van der Waals surface area contributed by atoms with Gasteiger partial charge in [0, 0.05) is 53.7 Å². The quantitative estimate of drug-likeness (QED) is 0.433. The molecule has 2 rings (SSSR count). The van der Waals surface area contributed by atoms with Crippen molar-refractivity contribution in [1.29, 1.82) is 0 Å². The molecule has 6 heteroatoms. The van der Waals surface area contributed by atoms with E-state index in [9.17, 15) is 9.90 Å². The number of amides is 1. The van der Waals surface area contributed by atoms with Crippen LogP contribution in [0.2, 0.25) is 0 Å². The average Bonchev–Trinajstić information content (AvgIpc) is 2.69. The molecule has 0 saturated heterocycles. The van der Waals surface area contributed by atoms with Gasteiger partial charge in [0.25, 0.3) is 0 Å². The summed E-state index contributed by atoms with van der Waals surface area (Å²) in [5.41, 5.74) is 2.50. The molecule has 0 aliphatic carbocycles. The normalized spacial score (nSPS) is 12.0. The Balaban J connectivity index is 1.92. The lowest BCUT2D eigenvalue weighted by atomic mass is 9.79. The van der Waals surface area contributed by atoms with E-state index < -0.39 is 0 Å². The van der Waals surface area contributed by atoms with Crippen molar-refractivity contribution in [2.24, 2.45) is 0 Å². The number of carbonyl (C=O) groups is 1. The van der Waals surface area contributed by atoms with Gasteiger partial charge >= 0.3 is 6.09 Å². The molecule has 170 valence electrons. The molecule has 0 spiro atoms. The molecule has 0 fully saturated rings. The van der Waals surface area contributed by atoms with Crippen LogP contribution in [0.25, 0.3) is 0 Å². The lowest BCUT2D eigenvalue weighted by molar-refractivity contribution is 0.117. The van der Waals surface area contributed by atoms with Crippen molar-refractivity contribution in [3.05, 3.63) is 53.3 Å². The summed E-state index contributed by atoms with van der Waals surface area (Å²) < 4.78 is 5.43. The molecule has 1 aromatic carbocycles. The highest BCUT2D eigenvalue weighted by atomic mass is 32.2. The fourth-order valence-electron chi connectivity index (χ4n) is 3.15. The lowest BCUT2D eigenvalue weighted by Gasteiger charge is -2.28.